The molecule has 1 saturated heterocycles. The summed E-state index contributed by atoms with van der Waals surface area (Å²) in [6.45, 7) is 4.49. The molecule has 142 valence electrons. The van der Waals surface area contributed by atoms with E-state index in [0.717, 1.165) is 11.8 Å². The lowest BCUT2D eigenvalue weighted by atomic mass is 10.1. The highest BCUT2D eigenvalue weighted by Gasteiger charge is 2.21. The van der Waals surface area contributed by atoms with E-state index < -0.39 is 17.7 Å². The Bertz CT molecular complexity index is 834. The first kappa shape index (κ1) is 18.8. The maximum atomic E-state index is 13.3. The van der Waals surface area contributed by atoms with E-state index in [1.807, 2.05) is 4.90 Å². The molecule has 7 heteroatoms. The van der Waals surface area contributed by atoms with Gasteiger partial charge >= 0.3 is 5.97 Å². The number of hydrogen-bond acceptors (Lipinski definition) is 5. The molecule has 1 amide bonds. The minimum atomic E-state index is -0.488. The molecule has 1 fully saturated rings. The van der Waals surface area contributed by atoms with Crippen LogP contribution < -0.4 is 10.2 Å². The first-order valence-electron chi connectivity index (χ1n) is 8.79. The lowest BCUT2D eigenvalue weighted by molar-refractivity contribution is 0.0526. The van der Waals surface area contributed by atoms with Crippen molar-refractivity contribution in [1.82, 2.24) is 0 Å². The summed E-state index contributed by atoms with van der Waals surface area (Å²) in [5.41, 5.74) is 1.74. The van der Waals surface area contributed by atoms with Crippen molar-refractivity contribution in [2.45, 2.75) is 6.92 Å². The number of halogens is 1. The zero-order chi connectivity index (χ0) is 19.2. The summed E-state index contributed by atoms with van der Waals surface area (Å²) in [5.74, 6) is -1.40. The Morgan fingerprint density at radius 2 is 1.96 bits per heavy atom. The Morgan fingerprint density at radius 3 is 2.67 bits per heavy atom. The van der Waals surface area contributed by atoms with Crippen LogP contribution in [0.4, 0.5) is 15.8 Å². The summed E-state index contributed by atoms with van der Waals surface area (Å²) >= 11 is 0. The molecule has 0 bridgehead atoms. The fourth-order valence-electron chi connectivity index (χ4n) is 2.90. The predicted molar refractivity (Wildman–Crippen MR) is 99.8 cm³/mol. The molecule has 2 aromatic rings. The van der Waals surface area contributed by atoms with E-state index in [1.54, 1.807) is 25.1 Å². The molecule has 0 unspecified atom stereocenters. The van der Waals surface area contributed by atoms with Crippen LogP contribution in [0.2, 0.25) is 0 Å². The van der Waals surface area contributed by atoms with Crippen molar-refractivity contribution in [3.05, 3.63) is 59.4 Å². The van der Waals surface area contributed by atoms with Crippen LogP contribution in [0.5, 0.6) is 0 Å². The summed E-state index contributed by atoms with van der Waals surface area (Å²) in [4.78, 5) is 26.8. The Hall–Kier alpha value is -2.93. The van der Waals surface area contributed by atoms with Gasteiger partial charge in [0.05, 0.1) is 31.1 Å². The standard InChI is InChI=1S/C20H21FN2O4/c1-2-27-20(25)17-13-16(6-7-18(17)23-8-10-26-11-9-23)22-19(24)14-4-3-5-15(21)12-14/h3-7,12-13H,2,8-11H2,1H3,(H,22,24). The average molecular weight is 372 g/mol. The van der Waals surface area contributed by atoms with Crippen molar-refractivity contribution in [2.24, 2.45) is 0 Å². The molecule has 2 aromatic carbocycles. The maximum absolute atomic E-state index is 13.3. The molecule has 0 aromatic heterocycles. The van der Waals surface area contributed by atoms with E-state index in [2.05, 4.69) is 5.32 Å². The number of carbonyl (C=O) groups excluding carboxylic acids is 2. The number of amides is 1. The number of esters is 1. The van der Waals surface area contributed by atoms with Crippen LogP contribution in [0.25, 0.3) is 0 Å². The van der Waals surface area contributed by atoms with E-state index in [-0.39, 0.29) is 12.2 Å². The van der Waals surface area contributed by atoms with Gasteiger partial charge in [-0.15, -0.1) is 0 Å². The zero-order valence-corrected chi connectivity index (χ0v) is 15.0. The minimum absolute atomic E-state index is 0.199. The summed E-state index contributed by atoms with van der Waals surface area (Å²) < 4.78 is 23.8. The second-order valence-corrected chi connectivity index (χ2v) is 6.02. The molecule has 1 N–H and O–H groups in total. The Kier molecular flexibility index (Phi) is 6.03. The number of rotatable bonds is 5. The fraction of sp³-hybridized carbons (Fsp3) is 0.300. The van der Waals surface area contributed by atoms with Crippen molar-refractivity contribution in [3.8, 4) is 0 Å². The second-order valence-electron chi connectivity index (χ2n) is 6.02. The summed E-state index contributed by atoms with van der Waals surface area (Å²) in [6, 6.07) is 10.5. The van der Waals surface area contributed by atoms with Crippen molar-refractivity contribution < 1.29 is 23.5 Å². The highest BCUT2D eigenvalue weighted by Crippen LogP contribution is 2.26. The number of morpholine rings is 1. The van der Waals surface area contributed by atoms with Gasteiger partial charge in [0.15, 0.2) is 0 Å². The van der Waals surface area contributed by atoms with Crippen LogP contribution in [0.3, 0.4) is 0 Å². The number of carbonyl (C=O) groups is 2. The highest BCUT2D eigenvalue weighted by molar-refractivity contribution is 6.05. The van der Waals surface area contributed by atoms with Gasteiger partial charge in [-0.2, -0.15) is 0 Å². The Morgan fingerprint density at radius 1 is 1.19 bits per heavy atom. The number of nitrogens with zero attached hydrogens (tertiary/aromatic N) is 1. The maximum Gasteiger partial charge on any atom is 0.340 e. The van der Waals surface area contributed by atoms with Gasteiger partial charge in [-0.25, -0.2) is 9.18 Å². The lowest BCUT2D eigenvalue weighted by Gasteiger charge is -2.30. The molecule has 0 aliphatic carbocycles. The van der Waals surface area contributed by atoms with Crippen LogP contribution in [0.1, 0.15) is 27.6 Å². The van der Waals surface area contributed by atoms with E-state index in [0.29, 0.717) is 37.6 Å². The molecule has 0 saturated carbocycles. The van der Waals surface area contributed by atoms with Gasteiger partial charge in [0.1, 0.15) is 5.82 Å². The SMILES string of the molecule is CCOC(=O)c1cc(NC(=O)c2cccc(F)c2)ccc1N1CCOCC1. The third kappa shape index (κ3) is 4.62. The van der Waals surface area contributed by atoms with Gasteiger partial charge in [-0.3, -0.25) is 4.79 Å². The topological polar surface area (TPSA) is 67.9 Å². The van der Waals surface area contributed by atoms with E-state index in [4.69, 9.17) is 9.47 Å². The Labute approximate surface area is 156 Å². The molecule has 27 heavy (non-hydrogen) atoms. The molecule has 0 radical (unpaired) electrons. The molecule has 0 spiro atoms. The first-order valence-corrected chi connectivity index (χ1v) is 8.79. The number of nitrogens with one attached hydrogen (secondary N) is 1. The summed E-state index contributed by atoms with van der Waals surface area (Å²) in [5, 5.41) is 2.70. The monoisotopic (exact) mass is 372 g/mol. The molecular weight excluding hydrogens is 351 g/mol. The smallest absolute Gasteiger partial charge is 0.340 e. The quantitative estimate of drug-likeness (QED) is 0.817. The Balaban J connectivity index is 1.86. The predicted octanol–water partition coefficient (Wildman–Crippen LogP) is 3.09. The van der Waals surface area contributed by atoms with Crippen LogP contribution in [-0.4, -0.2) is 44.8 Å². The van der Waals surface area contributed by atoms with Gasteiger partial charge in [-0.05, 0) is 43.3 Å². The summed E-state index contributed by atoms with van der Waals surface area (Å²) in [6.07, 6.45) is 0. The highest BCUT2D eigenvalue weighted by atomic mass is 19.1. The molecule has 1 heterocycles. The van der Waals surface area contributed by atoms with Gasteiger partial charge in [0.25, 0.3) is 5.91 Å². The zero-order valence-electron chi connectivity index (χ0n) is 15.0. The first-order chi connectivity index (χ1) is 13.1. The molecule has 3 rings (SSSR count). The van der Waals surface area contributed by atoms with Crippen LogP contribution in [0, 0.1) is 5.82 Å². The molecule has 1 aliphatic heterocycles. The third-order valence-corrected chi connectivity index (χ3v) is 4.19. The minimum Gasteiger partial charge on any atom is -0.462 e. The second kappa shape index (κ2) is 8.64. The van der Waals surface area contributed by atoms with Gasteiger partial charge < -0.3 is 19.7 Å². The van der Waals surface area contributed by atoms with Crippen LogP contribution in [0.15, 0.2) is 42.5 Å². The fourth-order valence-corrected chi connectivity index (χ4v) is 2.90. The van der Waals surface area contributed by atoms with Crippen LogP contribution in [-0.2, 0) is 9.47 Å². The number of ether oxygens (including phenoxy) is 2. The molecule has 1 aliphatic rings. The van der Waals surface area contributed by atoms with Crippen molar-refractivity contribution in [2.75, 3.05) is 43.1 Å². The van der Waals surface area contributed by atoms with E-state index >= 15 is 0 Å². The van der Waals surface area contributed by atoms with E-state index in [1.165, 1.54) is 18.2 Å². The molecular formula is C20H21FN2O4. The van der Waals surface area contributed by atoms with Gasteiger partial charge in [0, 0.05) is 24.3 Å². The average Bonchev–Trinajstić information content (AvgIpc) is 2.69. The van der Waals surface area contributed by atoms with Crippen molar-refractivity contribution >= 4 is 23.3 Å². The van der Waals surface area contributed by atoms with Crippen LogP contribution >= 0.6 is 0 Å². The number of anilines is 2. The van der Waals surface area contributed by atoms with Gasteiger partial charge in [-0.1, -0.05) is 6.07 Å². The molecule has 6 nitrogen and oxygen atoms in total. The largest absolute Gasteiger partial charge is 0.462 e. The van der Waals surface area contributed by atoms with Crippen molar-refractivity contribution in [1.29, 1.82) is 0 Å². The summed E-state index contributed by atoms with van der Waals surface area (Å²) in [7, 11) is 0. The number of benzene rings is 2. The number of hydrogen-bond donors (Lipinski definition) is 1. The lowest BCUT2D eigenvalue weighted by Crippen LogP contribution is -2.37. The van der Waals surface area contributed by atoms with E-state index in [9.17, 15) is 14.0 Å². The third-order valence-electron chi connectivity index (χ3n) is 4.19. The normalized spacial score (nSPS) is 13.9. The van der Waals surface area contributed by atoms with Gasteiger partial charge in [0.2, 0.25) is 0 Å². The molecule has 0 atom stereocenters. The van der Waals surface area contributed by atoms with Crippen molar-refractivity contribution in [3.63, 3.8) is 0 Å².